The average Bonchev–Trinajstić information content (AvgIpc) is 2.66. The van der Waals surface area contributed by atoms with Gasteiger partial charge in [0.25, 0.3) is 5.71 Å². The summed E-state index contributed by atoms with van der Waals surface area (Å²) in [6, 6.07) is 0. The molecule has 0 amide bonds. The highest BCUT2D eigenvalue weighted by molar-refractivity contribution is 5.81. The number of rotatable bonds is 20. The Bertz CT molecular complexity index is 331. The molecule has 0 spiro atoms. The lowest BCUT2D eigenvalue weighted by Gasteiger charge is -2.13. The first kappa shape index (κ1) is 25.4. The summed E-state index contributed by atoms with van der Waals surface area (Å²) < 4.78 is 0. The monoisotopic (exact) mass is 364 g/mol. The molecule has 0 aromatic carbocycles. The van der Waals surface area contributed by atoms with Crippen LogP contribution in [0.15, 0.2) is 0 Å². The highest BCUT2D eigenvalue weighted by atomic mass is 14.9. The van der Waals surface area contributed by atoms with Gasteiger partial charge in [0.15, 0.2) is 0 Å². The molecule has 0 radical (unpaired) electrons. The molecule has 0 saturated heterocycles. The van der Waals surface area contributed by atoms with E-state index >= 15 is 0 Å². The standard InChI is InChI=1S/C24H48N2/c1-4-7-10-13-15-18-21-23(20-17-12-9-6-3)24(26-25)22-19-16-14-11-8-5-2/h23H,4-22H2,1-3H3. The van der Waals surface area contributed by atoms with E-state index in [1.54, 1.807) is 0 Å². The van der Waals surface area contributed by atoms with E-state index in [1.165, 1.54) is 116 Å². The highest BCUT2D eigenvalue weighted by Gasteiger charge is 2.22. The molecule has 1 unspecified atom stereocenters. The van der Waals surface area contributed by atoms with Crippen LogP contribution in [-0.4, -0.2) is 10.5 Å². The minimum absolute atomic E-state index is 0.527. The fraction of sp³-hybridized carbons (Fsp3) is 0.958. The second kappa shape index (κ2) is 20.7. The van der Waals surface area contributed by atoms with E-state index < -0.39 is 0 Å². The summed E-state index contributed by atoms with van der Waals surface area (Å²) in [7, 11) is 0. The second-order valence-electron chi connectivity index (χ2n) is 8.21. The molecule has 0 N–H and O–H groups in total. The first-order chi connectivity index (χ1) is 12.8. The predicted octanol–water partition coefficient (Wildman–Crippen LogP) is 8.75. The zero-order valence-corrected chi connectivity index (χ0v) is 18.4. The molecule has 0 aromatic heterocycles. The molecule has 1 atom stereocenters. The Balaban J connectivity index is 4.22. The second-order valence-corrected chi connectivity index (χ2v) is 8.21. The molecule has 0 aliphatic carbocycles. The third kappa shape index (κ3) is 15.6. The van der Waals surface area contributed by atoms with E-state index in [9.17, 15) is 5.53 Å². The van der Waals surface area contributed by atoms with Gasteiger partial charge in [-0.15, -0.1) is 0 Å². The maximum Gasteiger partial charge on any atom is 0.271 e. The Kier molecular flexibility index (Phi) is 20.2. The maximum absolute atomic E-state index is 9.60. The van der Waals surface area contributed by atoms with E-state index in [1.807, 2.05) is 0 Å². The molecular weight excluding hydrogens is 316 g/mol. The average molecular weight is 365 g/mol. The fourth-order valence-corrected chi connectivity index (χ4v) is 3.89. The summed E-state index contributed by atoms with van der Waals surface area (Å²) in [5.41, 5.74) is 10.7. The molecule has 0 fully saturated rings. The van der Waals surface area contributed by atoms with Gasteiger partial charge in [0.05, 0.1) is 5.92 Å². The van der Waals surface area contributed by atoms with E-state index in [-0.39, 0.29) is 0 Å². The van der Waals surface area contributed by atoms with Crippen LogP contribution in [0.4, 0.5) is 0 Å². The number of hydrogen-bond donors (Lipinski definition) is 0. The van der Waals surface area contributed by atoms with Crippen molar-refractivity contribution in [1.29, 1.82) is 0 Å². The lowest BCUT2D eigenvalue weighted by molar-refractivity contribution is -0.0173. The Hall–Kier alpha value is -0.620. The fourth-order valence-electron chi connectivity index (χ4n) is 3.89. The van der Waals surface area contributed by atoms with Crippen molar-refractivity contribution in [3.05, 3.63) is 5.53 Å². The summed E-state index contributed by atoms with van der Waals surface area (Å²) in [6.45, 7) is 6.81. The summed E-state index contributed by atoms with van der Waals surface area (Å²) >= 11 is 0. The molecule has 0 heterocycles. The van der Waals surface area contributed by atoms with Gasteiger partial charge in [-0.1, -0.05) is 117 Å². The first-order valence-electron chi connectivity index (χ1n) is 12.0. The minimum atomic E-state index is 0.527. The van der Waals surface area contributed by atoms with Crippen LogP contribution in [0, 0.1) is 5.92 Å². The van der Waals surface area contributed by atoms with Gasteiger partial charge in [-0.3, -0.25) is 0 Å². The Morgan fingerprint density at radius 2 is 0.962 bits per heavy atom. The molecule has 0 aliphatic heterocycles. The van der Waals surface area contributed by atoms with Crippen molar-refractivity contribution < 1.29 is 4.79 Å². The molecule has 0 saturated carbocycles. The van der Waals surface area contributed by atoms with Crippen LogP contribution in [0.5, 0.6) is 0 Å². The van der Waals surface area contributed by atoms with Crippen LogP contribution in [0.3, 0.4) is 0 Å². The van der Waals surface area contributed by atoms with Crippen molar-refractivity contribution in [2.45, 2.75) is 143 Å². The predicted molar refractivity (Wildman–Crippen MR) is 117 cm³/mol. The summed E-state index contributed by atoms with van der Waals surface area (Å²) in [4.78, 5) is 3.77. The van der Waals surface area contributed by atoms with Gasteiger partial charge in [0, 0.05) is 6.42 Å². The van der Waals surface area contributed by atoms with Gasteiger partial charge in [-0.25, -0.2) is 0 Å². The first-order valence-corrected chi connectivity index (χ1v) is 12.0. The van der Waals surface area contributed by atoms with Gasteiger partial charge in [-0.05, 0) is 19.3 Å². The Morgan fingerprint density at radius 1 is 0.577 bits per heavy atom. The molecule has 2 nitrogen and oxygen atoms in total. The van der Waals surface area contributed by atoms with E-state index in [0.717, 1.165) is 12.1 Å². The Morgan fingerprint density at radius 3 is 1.42 bits per heavy atom. The molecule has 2 heteroatoms. The van der Waals surface area contributed by atoms with Crippen molar-refractivity contribution >= 4 is 5.71 Å². The van der Waals surface area contributed by atoms with Crippen molar-refractivity contribution in [3.63, 3.8) is 0 Å². The van der Waals surface area contributed by atoms with Gasteiger partial charge >= 0.3 is 0 Å². The maximum atomic E-state index is 9.60. The summed E-state index contributed by atoms with van der Waals surface area (Å²) in [5, 5.41) is 0. The quantitative estimate of drug-likeness (QED) is 0.0895. The van der Waals surface area contributed by atoms with Crippen molar-refractivity contribution in [1.82, 2.24) is 0 Å². The van der Waals surface area contributed by atoms with Crippen LogP contribution in [-0.2, 0) is 0 Å². The zero-order valence-electron chi connectivity index (χ0n) is 18.4. The van der Waals surface area contributed by atoms with Gasteiger partial charge in [0.1, 0.15) is 0 Å². The summed E-state index contributed by atoms with van der Waals surface area (Å²) in [5.74, 6) is 0.527. The number of hydrogen-bond acceptors (Lipinski definition) is 0. The molecule has 26 heavy (non-hydrogen) atoms. The van der Waals surface area contributed by atoms with Crippen molar-refractivity contribution in [2.24, 2.45) is 5.92 Å². The topological polar surface area (TPSA) is 36.4 Å². The lowest BCUT2D eigenvalue weighted by Crippen LogP contribution is -2.16. The summed E-state index contributed by atoms with van der Waals surface area (Å²) in [6.07, 6.45) is 24.7. The van der Waals surface area contributed by atoms with Crippen molar-refractivity contribution in [3.8, 4) is 0 Å². The normalized spacial score (nSPS) is 12.1. The highest BCUT2D eigenvalue weighted by Crippen LogP contribution is 2.22. The van der Waals surface area contributed by atoms with Gasteiger partial charge in [0.2, 0.25) is 0 Å². The van der Waals surface area contributed by atoms with Crippen molar-refractivity contribution in [2.75, 3.05) is 0 Å². The van der Waals surface area contributed by atoms with E-state index in [2.05, 4.69) is 25.6 Å². The Labute approximate surface area is 165 Å². The van der Waals surface area contributed by atoms with Gasteiger partial charge < -0.3 is 5.53 Å². The van der Waals surface area contributed by atoms with Crippen LogP contribution < -0.4 is 0 Å². The van der Waals surface area contributed by atoms with Crippen LogP contribution in [0.1, 0.15) is 143 Å². The zero-order chi connectivity index (χ0) is 19.3. The van der Waals surface area contributed by atoms with Crippen LogP contribution in [0.25, 0.3) is 5.53 Å². The van der Waals surface area contributed by atoms with Crippen LogP contribution in [0.2, 0.25) is 0 Å². The van der Waals surface area contributed by atoms with Crippen LogP contribution >= 0.6 is 0 Å². The minimum Gasteiger partial charge on any atom is -0.362 e. The third-order valence-electron chi connectivity index (χ3n) is 5.70. The molecular formula is C24H48N2. The lowest BCUT2D eigenvalue weighted by atomic mass is 9.88. The molecule has 0 aliphatic rings. The third-order valence-corrected chi connectivity index (χ3v) is 5.70. The smallest absolute Gasteiger partial charge is 0.271 e. The SMILES string of the molecule is CCCCCCCCC(=[N+]=[N-])C(CCCCCC)CCCCCCCC. The molecule has 0 aromatic rings. The number of nitrogens with zero attached hydrogens (tertiary/aromatic N) is 2. The number of unbranched alkanes of at least 4 members (excludes halogenated alkanes) is 13. The van der Waals surface area contributed by atoms with E-state index in [0.29, 0.717) is 5.92 Å². The molecule has 0 bridgehead atoms. The van der Waals surface area contributed by atoms with Gasteiger partial charge in [-0.2, -0.15) is 4.79 Å². The van der Waals surface area contributed by atoms with E-state index in [4.69, 9.17) is 0 Å². The molecule has 154 valence electrons. The molecule has 0 rings (SSSR count). The largest absolute Gasteiger partial charge is 0.362 e.